The summed E-state index contributed by atoms with van der Waals surface area (Å²) in [5, 5.41) is -0.191. The normalized spacial score (nSPS) is 19.9. The smallest absolute Gasteiger partial charge is 0.268 e. The molecule has 0 N–H and O–H groups in total. The van der Waals surface area contributed by atoms with Gasteiger partial charge >= 0.3 is 0 Å². The maximum absolute atomic E-state index is 12.1. The highest BCUT2D eigenvalue weighted by Gasteiger charge is 2.37. The molecule has 18 heavy (non-hydrogen) atoms. The largest absolute Gasteiger partial charge is 0.293 e. The lowest BCUT2D eigenvalue weighted by Gasteiger charge is -2.19. The van der Waals surface area contributed by atoms with Crippen molar-refractivity contribution in [3.8, 4) is 0 Å². The first-order valence-corrected chi connectivity index (χ1v) is 7.56. The van der Waals surface area contributed by atoms with Crippen molar-refractivity contribution in [3.05, 3.63) is 26.3 Å². The summed E-state index contributed by atoms with van der Waals surface area (Å²) in [5.74, 6) is -0.205. The molecule has 1 aliphatic heterocycles. The van der Waals surface area contributed by atoms with Gasteiger partial charge in [-0.15, -0.1) is 11.3 Å². The van der Waals surface area contributed by atoms with Gasteiger partial charge in [0.25, 0.3) is 11.1 Å². The zero-order valence-corrected chi connectivity index (χ0v) is 12.4. The topological polar surface area (TPSA) is 37.4 Å². The van der Waals surface area contributed by atoms with Gasteiger partial charge in [0.15, 0.2) is 0 Å². The Morgan fingerprint density at radius 1 is 1.44 bits per heavy atom. The molecule has 0 aliphatic carbocycles. The Morgan fingerprint density at radius 2 is 2.17 bits per heavy atom. The predicted molar refractivity (Wildman–Crippen MR) is 76.9 cm³/mol. The van der Waals surface area contributed by atoms with E-state index in [-0.39, 0.29) is 17.2 Å². The molecular weight excluding hydrogens is 290 g/mol. The van der Waals surface area contributed by atoms with Gasteiger partial charge in [-0.2, -0.15) is 0 Å². The van der Waals surface area contributed by atoms with Gasteiger partial charge in [-0.1, -0.05) is 18.5 Å². The first-order chi connectivity index (χ1) is 8.52. The number of imide groups is 1. The van der Waals surface area contributed by atoms with E-state index in [2.05, 4.69) is 0 Å². The van der Waals surface area contributed by atoms with Crippen LogP contribution in [-0.2, 0) is 4.79 Å². The molecule has 0 saturated carbocycles. The molecule has 1 aromatic rings. The van der Waals surface area contributed by atoms with Gasteiger partial charge in [-0.05, 0) is 43.3 Å². The lowest BCUT2D eigenvalue weighted by molar-refractivity contribution is -0.124. The molecule has 6 heteroatoms. The molecule has 1 aliphatic rings. The molecule has 2 amide bonds. The lowest BCUT2D eigenvalue weighted by atomic mass is 10.2. The van der Waals surface area contributed by atoms with Crippen molar-refractivity contribution >= 4 is 51.9 Å². The fourth-order valence-electron chi connectivity index (χ4n) is 1.58. The third-order valence-corrected chi connectivity index (χ3v) is 4.78. The number of amides is 2. The highest BCUT2D eigenvalue weighted by molar-refractivity contribution is 8.18. The second-order valence-electron chi connectivity index (χ2n) is 3.95. The van der Waals surface area contributed by atoms with Crippen molar-refractivity contribution in [2.24, 2.45) is 0 Å². The maximum atomic E-state index is 12.1. The Hall–Kier alpha value is -0.780. The number of thioether (sulfide) groups is 1. The number of carbonyl (C=O) groups excluding carboxylic acids is 2. The molecule has 0 spiro atoms. The van der Waals surface area contributed by atoms with Gasteiger partial charge in [0.1, 0.15) is 0 Å². The fourth-order valence-corrected chi connectivity index (χ4v) is 3.58. The van der Waals surface area contributed by atoms with E-state index < -0.39 is 0 Å². The summed E-state index contributed by atoms with van der Waals surface area (Å²) in [6.07, 6.45) is 2.49. The maximum Gasteiger partial charge on any atom is 0.293 e. The molecule has 96 valence electrons. The Labute approximate surface area is 119 Å². The van der Waals surface area contributed by atoms with Gasteiger partial charge < -0.3 is 0 Å². The standard InChI is InChI=1S/C12H12ClNO2S2/c1-3-7(2)14-11(15)9(18-12(14)16)6-8-4-5-10(13)17-8/h4-7H,3H2,1-2H3/b9-6+/t7-/m0/s1. The van der Waals surface area contributed by atoms with Gasteiger partial charge in [0.05, 0.1) is 9.24 Å². The van der Waals surface area contributed by atoms with Crippen molar-refractivity contribution in [2.45, 2.75) is 26.3 Å². The molecular formula is C12H12ClNO2S2. The monoisotopic (exact) mass is 301 g/mol. The number of thiophene rings is 1. The molecule has 0 bridgehead atoms. The molecule has 0 radical (unpaired) electrons. The zero-order valence-electron chi connectivity index (χ0n) is 9.97. The number of nitrogens with zero attached hydrogens (tertiary/aromatic N) is 1. The quantitative estimate of drug-likeness (QED) is 0.784. The van der Waals surface area contributed by atoms with Crippen LogP contribution in [0.5, 0.6) is 0 Å². The van der Waals surface area contributed by atoms with Crippen molar-refractivity contribution in [2.75, 3.05) is 0 Å². The summed E-state index contributed by atoms with van der Waals surface area (Å²) >= 11 is 8.21. The van der Waals surface area contributed by atoms with Crippen LogP contribution in [0.3, 0.4) is 0 Å². The van der Waals surface area contributed by atoms with E-state index in [0.717, 1.165) is 23.1 Å². The van der Waals surface area contributed by atoms with Crippen LogP contribution in [0.15, 0.2) is 17.0 Å². The van der Waals surface area contributed by atoms with Crippen LogP contribution >= 0.6 is 34.7 Å². The zero-order chi connectivity index (χ0) is 13.3. The molecule has 1 saturated heterocycles. The van der Waals surface area contributed by atoms with Crippen LogP contribution < -0.4 is 0 Å². The molecule has 2 heterocycles. The molecule has 0 unspecified atom stereocenters. The molecule has 3 nitrogen and oxygen atoms in total. The number of hydrogen-bond donors (Lipinski definition) is 0. The Balaban J connectivity index is 2.25. The highest BCUT2D eigenvalue weighted by atomic mass is 35.5. The van der Waals surface area contributed by atoms with Crippen LogP contribution in [0.25, 0.3) is 6.08 Å². The number of hydrogen-bond acceptors (Lipinski definition) is 4. The van der Waals surface area contributed by atoms with Crippen LogP contribution in [0, 0.1) is 0 Å². The summed E-state index contributed by atoms with van der Waals surface area (Å²) in [7, 11) is 0. The van der Waals surface area contributed by atoms with Gasteiger partial charge in [0, 0.05) is 10.9 Å². The van der Waals surface area contributed by atoms with Crippen LogP contribution in [0.4, 0.5) is 4.79 Å². The summed E-state index contributed by atoms with van der Waals surface area (Å²) in [5.41, 5.74) is 0. The van der Waals surface area contributed by atoms with Crippen molar-refractivity contribution < 1.29 is 9.59 Å². The van der Waals surface area contributed by atoms with Gasteiger partial charge in [-0.3, -0.25) is 14.5 Å². The first kappa shape index (κ1) is 13.6. The van der Waals surface area contributed by atoms with Crippen molar-refractivity contribution in [3.63, 3.8) is 0 Å². The van der Waals surface area contributed by atoms with Gasteiger partial charge in [0.2, 0.25) is 0 Å². The average Bonchev–Trinajstić information content (AvgIpc) is 2.84. The second-order valence-corrected chi connectivity index (χ2v) is 6.69. The van der Waals surface area contributed by atoms with E-state index in [1.54, 1.807) is 12.1 Å². The third-order valence-electron chi connectivity index (χ3n) is 2.72. The fraction of sp³-hybridized carbons (Fsp3) is 0.333. The Bertz CT molecular complexity index is 524. The Morgan fingerprint density at radius 3 is 2.72 bits per heavy atom. The molecule has 1 atom stereocenters. The van der Waals surface area contributed by atoms with Gasteiger partial charge in [-0.25, -0.2) is 0 Å². The van der Waals surface area contributed by atoms with Crippen LogP contribution in [0.1, 0.15) is 25.1 Å². The van der Waals surface area contributed by atoms with E-state index in [1.807, 2.05) is 19.9 Å². The van der Waals surface area contributed by atoms with E-state index in [4.69, 9.17) is 11.6 Å². The first-order valence-electron chi connectivity index (χ1n) is 5.55. The van der Waals surface area contributed by atoms with E-state index in [0.29, 0.717) is 9.24 Å². The lowest BCUT2D eigenvalue weighted by Crippen LogP contribution is -2.36. The van der Waals surface area contributed by atoms with E-state index >= 15 is 0 Å². The average molecular weight is 302 g/mol. The summed E-state index contributed by atoms with van der Waals surface area (Å²) in [4.78, 5) is 26.6. The van der Waals surface area contributed by atoms with Crippen molar-refractivity contribution in [1.82, 2.24) is 4.90 Å². The predicted octanol–water partition coefficient (Wildman–Crippen LogP) is 4.24. The summed E-state index contributed by atoms with van der Waals surface area (Å²) in [6.45, 7) is 3.83. The number of halogens is 1. The molecule has 2 rings (SSSR count). The highest BCUT2D eigenvalue weighted by Crippen LogP contribution is 2.35. The van der Waals surface area contributed by atoms with E-state index in [1.165, 1.54) is 16.2 Å². The summed E-state index contributed by atoms with van der Waals surface area (Å²) < 4.78 is 0.669. The number of rotatable bonds is 3. The van der Waals surface area contributed by atoms with Crippen molar-refractivity contribution in [1.29, 1.82) is 0 Å². The Kier molecular flexibility index (Phi) is 4.14. The van der Waals surface area contributed by atoms with Crippen LogP contribution in [0.2, 0.25) is 4.34 Å². The van der Waals surface area contributed by atoms with E-state index in [9.17, 15) is 9.59 Å². The summed E-state index contributed by atoms with van der Waals surface area (Å²) in [6, 6.07) is 3.55. The molecule has 0 aromatic carbocycles. The SMILES string of the molecule is CC[C@H](C)N1C(=O)S/C(=C/c2ccc(Cl)s2)C1=O. The van der Waals surface area contributed by atoms with Crippen LogP contribution in [-0.4, -0.2) is 22.1 Å². The second kappa shape index (κ2) is 5.47. The molecule has 1 aromatic heterocycles. The minimum atomic E-state index is -0.205. The minimum absolute atomic E-state index is 0.0599. The number of carbonyl (C=O) groups is 2. The minimum Gasteiger partial charge on any atom is -0.268 e. The third kappa shape index (κ3) is 2.63. The molecule has 1 fully saturated rings.